The summed E-state index contributed by atoms with van der Waals surface area (Å²) >= 11 is 0. The zero-order valence-corrected chi connectivity index (χ0v) is 12.1. The molecule has 2 nitrogen and oxygen atoms in total. The van der Waals surface area contributed by atoms with Gasteiger partial charge in [-0.05, 0) is 50.1 Å². The molecule has 2 aromatic rings. The summed E-state index contributed by atoms with van der Waals surface area (Å²) in [5.74, 6) is 0. The normalized spacial score (nSPS) is 11.8. The van der Waals surface area contributed by atoms with Gasteiger partial charge in [0.2, 0.25) is 0 Å². The van der Waals surface area contributed by atoms with Crippen molar-refractivity contribution in [3.8, 4) is 6.07 Å². The number of nitriles is 1. The van der Waals surface area contributed by atoms with E-state index in [9.17, 15) is 0 Å². The van der Waals surface area contributed by atoms with E-state index >= 15 is 0 Å². The Hall–Kier alpha value is -2.11. The molecule has 1 atom stereocenters. The fraction of sp³-hybridized carbons (Fsp3) is 0.278. The number of nitrogens with zero attached hydrogens (tertiary/aromatic N) is 1. The average Bonchev–Trinajstić information content (AvgIpc) is 2.47. The minimum Gasteiger partial charge on any atom is -0.310 e. The summed E-state index contributed by atoms with van der Waals surface area (Å²) in [6, 6.07) is 18.8. The van der Waals surface area contributed by atoms with E-state index < -0.39 is 0 Å². The van der Waals surface area contributed by atoms with Gasteiger partial charge in [-0.15, -0.1) is 0 Å². The first-order valence-electron chi connectivity index (χ1n) is 6.98. The molecule has 1 N–H and O–H groups in total. The maximum atomic E-state index is 8.92. The van der Waals surface area contributed by atoms with E-state index in [2.05, 4.69) is 55.6 Å². The van der Waals surface area contributed by atoms with Gasteiger partial charge < -0.3 is 5.32 Å². The van der Waals surface area contributed by atoms with Crippen LogP contribution in [0.5, 0.6) is 0 Å². The van der Waals surface area contributed by atoms with Crippen molar-refractivity contribution in [3.05, 3.63) is 70.8 Å². The molecule has 0 aromatic heterocycles. The van der Waals surface area contributed by atoms with E-state index in [0.717, 1.165) is 24.1 Å². The Morgan fingerprint density at radius 1 is 1.15 bits per heavy atom. The largest absolute Gasteiger partial charge is 0.310 e. The predicted octanol–water partition coefficient (Wildman–Crippen LogP) is 3.76. The molecule has 0 amide bonds. The van der Waals surface area contributed by atoms with Gasteiger partial charge in [-0.2, -0.15) is 5.26 Å². The van der Waals surface area contributed by atoms with Crippen LogP contribution in [0, 0.1) is 18.3 Å². The van der Waals surface area contributed by atoms with Gasteiger partial charge in [0.05, 0.1) is 11.6 Å². The lowest BCUT2D eigenvalue weighted by atomic mass is 10.0. The van der Waals surface area contributed by atoms with Gasteiger partial charge in [0.1, 0.15) is 0 Å². The third-order valence-corrected chi connectivity index (χ3v) is 3.46. The Kier molecular flexibility index (Phi) is 4.92. The molecule has 20 heavy (non-hydrogen) atoms. The van der Waals surface area contributed by atoms with Crippen LogP contribution in [0.25, 0.3) is 0 Å². The number of rotatable bonds is 5. The molecule has 2 rings (SSSR count). The van der Waals surface area contributed by atoms with Crippen molar-refractivity contribution < 1.29 is 0 Å². The highest BCUT2D eigenvalue weighted by Crippen LogP contribution is 2.14. The quantitative estimate of drug-likeness (QED) is 0.892. The SMILES string of the molecule is Cc1cccc(CCNC(C)c2cccc(C#N)c2)c1. The van der Waals surface area contributed by atoms with Gasteiger partial charge in [-0.1, -0.05) is 42.0 Å². The predicted molar refractivity (Wildman–Crippen MR) is 82.5 cm³/mol. The summed E-state index contributed by atoms with van der Waals surface area (Å²) in [6.45, 7) is 5.18. The van der Waals surface area contributed by atoms with E-state index in [-0.39, 0.29) is 6.04 Å². The molecule has 2 heteroatoms. The lowest BCUT2D eigenvalue weighted by molar-refractivity contribution is 0.577. The first-order valence-corrected chi connectivity index (χ1v) is 6.98. The molecule has 0 aliphatic heterocycles. The van der Waals surface area contributed by atoms with Crippen molar-refractivity contribution in [2.24, 2.45) is 0 Å². The molecule has 0 spiro atoms. The zero-order chi connectivity index (χ0) is 14.4. The topological polar surface area (TPSA) is 35.8 Å². The van der Waals surface area contributed by atoms with Gasteiger partial charge in [-0.3, -0.25) is 0 Å². The van der Waals surface area contributed by atoms with Gasteiger partial charge >= 0.3 is 0 Å². The van der Waals surface area contributed by atoms with Crippen LogP contribution in [0.1, 0.15) is 35.2 Å². The van der Waals surface area contributed by atoms with E-state index in [1.807, 2.05) is 18.2 Å². The molecule has 2 aromatic carbocycles. The van der Waals surface area contributed by atoms with Crippen molar-refractivity contribution in [1.29, 1.82) is 5.26 Å². The third-order valence-electron chi connectivity index (χ3n) is 3.46. The minimum atomic E-state index is 0.258. The molecule has 0 saturated carbocycles. The second-order valence-corrected chi connectivity index (χ2v) is 5.15. The van der Waals surface area contributed by atoms with Crippen LogP contribution in [-0.4, -0.2) is 6.54 Å². The lowest BCUT2D eigenvalue weighted by Gasteiger charge is -2.14. The average molecular weight is 264 g/mol. The number of benzene rings is 2. The van der Waals surface area contributed by atoms with Crippen molar-refractivity contribution >= 4 is 0 Å². The summed E-state index contributed by atoms with van der Waals surface area (Å²) in [4.78, 5) is 0. The van der Waals surface area contributed by atoms with E-state index in [1.54, 1.807) is 0 Å². The molecular formula is C18H20N2. The number of hydrogen-bond donors (Lipinski definition) is 1. The Bertz CT molecular complexity index is 611. The Balaban J connectivity index is 1.89. The number of nitrogens with one attached hydrogen (secondary N) is 1. The second kappa shape index (κ2) is 6.88. The van der Waals surface area contributed by atoms with Crippen molar-refractivity contribution in [3.63, 3.8) is 0 Å². The molecular weight excluding hydrogens is 244 g/mol. The summed E-state index contributed by atoms with van der Waals surface area (Å²) in [7, 11) is 0. The lowest BCUT2D eigenvalue weighted by Crippen LogP contribution is -2.21. The van der Waals surface area contributed by atoms with Crippen LogP contribution in [0.4, 0.5) is 0 Å². The smallest absolute Gasteiger partial charge is 0.0991 e. The van der Waals surface area contributed by atoms with Crippen LogP contribution < -0.4 is 5.32 Å². The first-order chi connectivity index (χ1) is 9.69. The number of hydrogen-bond acceptors (Lipinski definition) is 2. The summed E-state index contributed by atoms with van der Waals surface area (Å²) in [5.41, 5.74) is 4.54. The van der Waals surface area contributed by atoms with Crippen molar-refractivity contribution in [2.75, 3.05) is 6.54 Å². The Morgan fingerprint density at radius 3 is 2.70 bits per heavy atom. The maximum absolute atomic E-state index is 8.92. The van der Waals surface area contributed by atoms with Crippen molar-refractivity contribution in [2.45, 2.75) is 26.3 Å². The second-order valence-electron chi connectivity index (χ2n) is 5.15. The highest BCUT2D eigenvalue weighted by molar-refractivity contribution is 5.34. The molecule has 0 fully saturated rings. The van der Waals surface area contributed by atoms with Crippen molar-refractivity contribution in [1.82, 2.24) is 5.32 Å². The van der Waals surface area contributed by atoms with Gasteiger partial charge in [0.25, 0.3) is 0 Å². The highest BCUT2D eigenvalue weighted by atomic mass is 14.9. The Morgan fingerprint density at radius 2 is 1.95 bits per heavy atom. The highest BCUT2D eigenvalue weighted by Gasteiger charge is 2.05. The number of aryl methyl sites for hydroxylation is 1. The molecule has 0 aliphatic carbocycles. The third kappa shape index (κ3) is 3.94. The van der Waals surface area contributed by atoms with Gasteiger partial charge in [0.15, 0.2) is 0 Å². The van der Waals surface area contributed by atoms with E-state index in [1.165, 1.54) is 11.1 Å². The Labute approximate surface area is 121 Å². The minimum absolute atomic E-state index is 0.258. The molecule has 0 saturated heterocycles. The molecule has 0 radical (unpaired) electrons. The standard InChI is InChI=1S/C18H20N2/c1-14-5-3-6-16(11-14)9-10-20-15(2)18-8-4-7-17(12-18)13-19/h3-8,11-12,15,20H,9-10H2,1-2H3. The molecule has 0 bridgehead atoms. The van der Waals surface area contributed by atoms with Crippen LogP contribution >= 0.6 is 0 Å². The zero-order valence-electron chi connectivity index (χ0n) is 12.1. The molecule has 1 unspecified atom stereocenters. The summed E-state index contributed by atoms with van der Waals surface area (Å²) in [5, 5.41) is 12.4. The van der Waals surface area contributed by atoms with E-state index in [4.69, 9.17) is 5.26 Å². The first kappa shape index (κ1) is 14.3. The fourth-order valence-electron chi connectivity index (χ4n) is 2.30. The monoisotopic (exact) mass is 264 g/mol. The van der Waals surface area contributed by atoms with Crippen LogP contribution in [-0.2, 0) is 6.42 Å². The molecule has 102 valence electrons. The van der Waals surface area contributed by atoms with Crippen LogP contribution in [0.2, 0.25) is 0 Å². The van der Waals surface area contributed by atoms with Crippen LogP contribution in [0.15, 0.2) is 48.5 Å². The summed E-state index contributed by atoms with van der Waals surface area (Å²) in [6.07, 6.45) is 1.02. The fourth-order valence-corrected chi connectivity index (χ4v) is 2.30. The van der Waals surface area contributed by atoms with Crippen LogP contribution in [0.3, 0.4) is 0 Å². The maximum Gasteiger partial charge on any atom is 0.0991 e. The molecule has 0 heterocycles. The molecule has 0 aliphatic rings. The van der Waals surface area contributed by atoms with Gasteiger partial charge in [-0.25, -0.2) is 0 Å². The van der Waals surface area contributed by atoms with E-state index in [0.29, 0.717) is 0 Å². The summed E-state index contributed by atoms with van der Waals surface area (Å²) < 4.78 is 0. The van der Waals surface area contributed by atoms with Gasteiger partial charge in [0, 0.05) is 6.04 Å².